The monoisotopic (exact) mass is 471 g/mol. The molecular weight excluding hydrogens is 438 g/mol. The summed E-state index contributed by atoms with van der Waals surface area (Å²) in [5, 5.41) is 3.00. The van der Waals surface area contributed by atoms with Gasteiger partial charge in [-0.2, -0.15) is 0 Å². The molecule has 1 aromatic heterocycles. The van der Waals surface area contributed by atoms with Crippen molar-refractivity contribution in [1.29, 1.82) is 0 Å². The van der Waals surface area contributed by atoms with Crippen molar-refractivity contribution in [1.82, 2.24) is 14.8 Å². The highest BCUT2D eigenvalue weighted by molar-refractivity contribution is 6.04. The summed E-state index contributed by atoms with van der Waals surface area (Å²) in [6.07, 6.45) is 6.24. The molecule has 4 rings (SSSR count). The Labute approximate surface area is 207 Å². The normalized spacial score (nSPS) is 14.2. The predicted molar refractivity (Wildman–Crippen MR) is 141 cm³/mol. The lowest BCUT2D eigenvalue weighted by Gasteiger charge is -2.32. The fraction of sp³-hybridized carbons (Fsp3) is 0.250. The zero-order valence-corrected chi connectivity index (χ0v) is 20.4. The van der Waals surface area contributed by atoms with Gasteiger partial charge in [-0.25, -0.2) is 0 Å². The number of carbonyl (C=O) groups excluding carboxylic acids is 2. The van der Waals surface area contributed by atoms with Gasteiger partial charge in [0.1, 0.15) is 0 Å². The molecule has 1 aliphatic heterocycles. The maximum absolute atomic E-state index is 12.3. The van der Waals surface area contributed by atoms with Crippen LogP contribution in [0, 0.1) is 6.92 Å². The molecule has 3 aromatic rings. The Morgan fingerprint density at radius 2 is 1.77 bits per heavy atom. The number of hydrogen-bond donors (Lipinski definition) is 2. The van der Waals surface area contributed by atoms with Crippen LogP contribution < -0.4 is 11.1 Å². The topological polar surface area (TPSA) is 91.6 Å². The number of nitrogens with two attached hydrogens (primary N) is 1. The fourth-order valence-corrected chi connectivity index (χ4v) is 3.57. The van der Waals surface area contributed by atoms with E-state index in [2.05, 4.69) is 39.3 Å². The first kappa shape index (κ1) is 25.8. The van der Waals surface area contributed by atoms with Crippen LogP contribution in [0.25, 0.3) is 6.08 Å². The number of anilines is 1. The van der Waals surface area contributed by atoms with Crippen LogP contribution in [0.4, 0.5) is 5.69 Å². The van der Waals surface area contributed by atoms with Crippen molar-refractivity contribution in [2.24, 2.45) is 5.73 Å². The van der Waals surface area contributed by atoms with Crippen LogP contribution in [0.3, 0.4) is 0 Å². The van der Waals surface area contributed by atoms with E-state index in [4.69, 9.17) is 5.73 Å². The Hall–Kier alpha value is -3.81. The van der Waals surface area contributed by atoms with Crippen LogP contribution in [0.5, 0.6) is 0 Å². The lowest BCUT2D eigenvalue weighted by Crippen LogP contribution is -2.43. The summed E-state index contributed by atoms with van der Waals surface area (Å²) in [7, 11) is 2.17. The van der Waals surface area contributed by atoms with Crippen LogP contribution in [0.15, 0.2) is 79.1 Å². The highest BCUT2D eigenvalue weighted by Gasteiger charge is 2.14. The van der Waals surface area contributed by atoms with E-state index in [0.29, 0.717) is 5.56 Å². The molecule has 2 aromatic carbocycles. The molecule has 1 aliphatic rings. The molecule has 7 nitrogen and oxygen atoms in total. The molecule has 0 bridgehead atoms. The lowest BCUT2D eigenvalue weighted by atomic mass is 10.1. The molecule has 0 saturated carbocycles. The van der Waals surface area contributed by atoms with Gasteiger partial charge in [-0.3, -0.25) is 19.5 Å². The number of likely N-dealkylation sites (N-methyl/N-ethyl adjacent to an activating group) is 1. The number of pyridine rings is 1. The van der Waals surface area contributed by atoms with Crippen LogP contribution in [0.1, 0.15) is 27.0 Å². The Balaban J connectivity index is 0.000000261. The molecule has 0 spiro atoms. The Kier molecular flexibility index (Phi) is 9.71. The number of primary amides is 1. The summed E-state index contributed by atoms with van der Waals surface area (Å²) < 4.78 is 0. The van der Waals surface area contributed by atoms with Gasteiger partial charge in [-0.1, -0.05) is 35.9 Å². The SMILES string of the molecule is Cc1ccc(C(=O)Nc2cccc(CN3CCN(C)CC3)c2)cc1.NC(=O)C=Cc1cccnc1. The average Bonchev–Trinajstić information content (AvgIpc) is 2.86. The molecule has 0 atom stereocenters. The van der Waals surface area contributed by atoms with Gasteiger partial charge in [-0.15, -0.1) is 0 Å². The Morgan fingerprint density at radius 3 is 2.43 bits per heavy atom. The van der Waals surface area contributed by atoms with Crippen molar-refractivity contribution in [3.8, 4) is 0 Å². The molecule has 7 heteroatoms. The summed E-state index contributed by atoms with van der Waals surface area (Å²) in [4.78, 5) is 31.3. The molecule has 1 saturated heterocycles. The van der Waals surface area contributed by atoms with Gasteiger partial charge in [0.2, 0.25) is 5.91 Å². The number of aromatic nitrogens is 1. The van der Waals surface area contributed by atoms with E-state index in [9.17, 15) is 9.59 Å². The van der Waals surface area contributed by atoms with E-state index in [1.54, 1.807) is 24.5 Å². The summed E-state index contributed by atoms with van der Waals surface area (Å²) in [6.45, 7) is 7.37. The van der Waals surface area contributed by atoms with Crippen molar-refractivity contribution in [2.45, 2.75) is 13.5 Å². The summed E-state index contributed by atoms with van der Waals surface area (Å²) in [5.41, 5.74) is 9.69. The molecule has 2 heterocycles. The number of nitrogens with one attached hydrogen (secondary N) is 1. The smallest absolute Gasteiger partial charge is 0.255 e. The van der Waals surface area contributed by atoms with Gasteiger partial charge in [0, 0.05) is 62.4 Å². The molecule has 3 N–H and O–H groups in total. The molecule has 35 heavy (non-hydrogen) atoms. The van der Waals surface area contributed by atoms with Crippen molar-refractivity contribution in [2.75, 3.05) is 38.5 Å². The first-order valence-corrected chi connectivity index (χ1v) is 11.6. The predicted octanol–water partition coefficient (Wildman–Crippen LogP) is 3.57. The maximum Gasteiger partial charge on any atom is 0.255 e. The third-order valence-electron chi connectivity index (χ3n) is 5.63. The molecule has 0 radical (unpaired) electrons. The van der Waals surface area contributed by atoms with Gasteiger partial charge < -0.3 is 16.0 Å². The molecular formula is C28H33N5O2. The minimum Gasteiger partial charge on any atom is -0.366 e. The van der Waals surface area contributed by atoms with Crippen LogP contribution in [-0.2, 0) is 11.3 Å². The van der Waals surface area contributed by atoms with Gasteiger partial charge >= 0.3 is 0 Å². The number of nitrogens with zero attached hydrogens (tertiary/aromatic N) is 3. The molecule has 2 amide bonds. The first-order chi connectivity index (χ1) is 16.9. The highest BCUT2D eigenvalue weighted by atomic mass is 16.2. The van der Waals surface area contributed by atoms with Crippen LogP contribution in [0.2, 0.25) is 0 Å². The van der Waals surface area contributed by atoms with E-state index in [1.165, 1.54) is 11.6 Å². The standard InChI is InChI=1S/C20H25N3O.C8H8N2O/c1-16-6-8-18(9-7-16)20(24)21-19-5-3-4-17(14-19)15-23-12-10-22(2)11-13-23;9-8(11)4-3-7-2-1-5-10-6-7/h3-9,14H,10-13,15H2,1-2H3,(H,21,24);1-6H,(H2,9,11). The third kappa shape index (κ3) is 9.16. The molecule has 182 valence electrons. The number of aryl methyl sites for hydroxylation is 1. The van der Waals surface area contributed by atoms with Crippen molar-refractivity contribution in [3.05, 3.63) is 101 Å². The summed E-state index contributed by atoms with van der Waals surface area (Å²) in [6, 6.07) is 19.4. The maximum atomic E-state index is 12.3. The van der Waals surface area contributed by atoms with Crippen LogP contribution in [-0.4, -0.2) is 59.8 Å². The summed E-state index contributed by atoms with van der Waals surface area (Å²) in [5.74, 6) is -0.513. The zero-order valence-electron chi connectivity index (χ0n) is 20.4. The van der Waals surface area contributed by atoms with Gasteiger partial charge in [-0.05, 0) is 61.5 Å². The largest absolute Gasteiger partial charge is 0.366 e. The lowest BCUT2D eigenvalue weighted by molar-refractivity contribution is -0.113. The van der Waals surface area contributed by atoms with Gasteiger partial charge in [0.05, 0.1) is 0 Å². The van der Waals surface area contributed by atoms with E-state index in [0.717, 1.165) is 49.5 Å². The number of benzene rings is 2. The second kappa shape index (κ2) is 13.2. The number of rotatable bonds is 6. The Bertz CT molecular complexity index is 1120. The van der Waals surface area contributed by atoms with Gasteiger partial charge in [0.15, 0.2) is 0 Å². The highest BCUT2D eigenvalue weighted by Crippen LogP contribution is 2.15. The zero-order chi connectivity index (χ0) is 25.0. The molecule has 0 aliphatic carbocycles. The number of piperazine rings is 1. The van der Waals surface area contributed by atoms with Crippen molar-refractivity contribution >= 4 is 23.6 Å². The van der Waals surface area contributed by atoms with Crippen LogP contribution >= 0.6 is 0 Å². The van der Waals surface area contributed by atoms with Crippen molar-refractivity contribution < 1.29 is 9.59 Å². The minimum atomic E-state index is -0.450. The molecule has 1 fully saturated rings. The number of amides is 2. The quantitative estimate of drug-likeness (QED) is 0.536. The molecule has 0 unspecified atom stereocenters. The van der Waals surface area contributed by atoms with Crippen molar-refractivity contribution in [3.63, 3.8) is 0 Å². The number of carbonyl (C=O) groups is 2. The summed E-state index contributed by atoms with van der Waals surface area (Å²) >= 11 is 0. The average molecular weight is 472 g/mol. The fourth-order valence-electron chi connectivity index (χ4n) is 3.57. The first-order valence-electron chi connectivity index (χ1n) is 11.6. The van der Waals surface area contributed by atoms with E-state index in [-0.39, 0.29) is 5.91 Å². The van der Waals surface area contributed by atoms with Gasteiger partial charge in [0.25, 0.3) is 5.91 Å². The van der Waals surface area contributed by atoms with E-state index in [1.807, 2.05) is 49.4 Å². The second-order valence-corrected chi connectivity index (χ2v) is 8.62. The second-order valence-electron chi connectivity index (χ2n) is 8.62. The Morgan fingerprint density at radius 1 is 1.03 bits per heavy atom. The minimum absolute atomic E-state index is 0.0632. The third-order valence-corrected chi connectivity index (χ3v) is 5.63. The number of hydrogen-bond acceptors (Lipinski definition) is 5. The van der Waals surface area contributed by atoms with E-state index < -0.39 is 5.91 Å². The van der Waals surface area contributed by atoms with E-state index >= 15 is 0 Å².